The predicted octanol–water partition coefficient (Wildman–Crippen LogP) is 1.65. The fourth-order valence-corrected chi connectivity index (χ4v) is 0.969. The van der Waals surface area contributed by atoms with Crippen molar-refractivity contribution in [2.45, 2.75) is 33.6 Å². The maximum Gasteiger partial charge on any atom is 0.0278 e. The van der Waals surface area contributed by atoms with Crippen LogP contribution in [0.5, 0.6) is 0 Å². The Kier molecular flexibility index (Phi) is 6.98. The van der Waals surface area contributed by atoms with Crippen molar-refractivity contribution < 1.29 is 0 Å². The monoisotopic (exact) mass is 143 g/mol. The van der Waals surface area contributed by atoms with Crippen molar-refractivity contribution in [2.24, 2.45) is 0 Å². The van der Waals surface area contributed by atoms with Crippen LogP contribution in [0.4, 0.5) is 0 Å². The molecule has 0 N–H and O–H groups in total. The zero-order valence-corrected chi connectivity index (χ0v) is 7.43. The lowest BCUT2D eigenvalue weighted by Gasteiger charge is -2.18. The van der Waals surface area contributed by atoms with Crippen LogP contribution in [0.25, 0.3) is 0 Å². The third-order valence-corrected chi connectivity index (χ3v) is 1.30. The molecular weight excluding hydrogens is 124 g/mol. The second kappa shape index (κ2) is 7.03. The number of rotatable bonds is 6. The molecule has 0 saturated heterocycles. The first-order chi connectivity index (χ1) is 4.85. The van der Waals surface area contributed by atoms with Crippen molar-refractivity contribution >= 4 is 0 Å². The topological polar surface area (TPSA) is 17.3 Å². The molecule has 1 radical (unpaired) electrons. The second-order valence-electron chi connectivity index (χ2n) is 2.41. The van der Waals surface area contributed by atoms with E-state index in [-0.39, 0.29) is 0 Å². The molecule has 0 unspecified atom stereocenters. The van der Waals surface area contributed by atoms with Crippen LogP contribution in [-0.2, 0) is 0 Å². The molecule has 0 bridgehead atoms. The molecule has 61 valence electrons. The first kappa shape index (κ1) is 9.92. The van der Waals surface area contributed by atoms with E-state index in [9.17, 15) is 0 Å². The Morgan fingerprint density at radius 1 is 1.00 bits per heavy atom. The lowest BCUT2D eigenvalue weighted by molar-refractivity contribution is 0.185. The molecule has 0 fully saturated rings. The summed E-state index contributed by atoms with van der Waals surface area (Å²) >= 11 is 0. The molecule has 0 aliphatic carbocycles. The van der Waals surface area contributed by atoms with Gasteiger partial charge in [0.2, 0.25) is 0 Å². The van der Waals surface area contributed by atoms with Gasteiger partial charge in [-0.1, -0.05) is 13.8 Å². The maximum absolute atomic E-state index is 4.34. The smallest absolute Gasteiger partial charge is 0.0278 e. The van der Waals surface area contributed by atoms with E-state index in [1.807, 2.05) is 0 Å². The summed E-state index contributed by atoms with van der Waals surface area (Å²) in [4.78, 5) is 0. The predicted molar refractivity (Wildman–Crippen MR) is 44.8 cm³/mol. The van der Waals surface area contributed by atoms with Crippen LogP contribution in [0.2, 0.25) is 0 Å². The van der Waals surface area contributed by atoms with Crippen LogP contribution in [0.3, 0.4) is 0 Å². The van der Waals surface area contributed by atoms with Gasteiger partial charge in [0.25, 0.3) is 0 Å². The molecule has 0 aliphatic heterocycles. The van der Waals surface area contributed by atoms with Gasteiger partial charge < -0.3 is 0 Å². The zero-order chi connectivity index (χ0) is 7.82. The molecule has 0 aromatic rings. The quantitative estimate of drug-likeness (QED) is 0.517. The zero-order valence-electron chi connectivity index (χ0n) is 7.43. The molecule has 0 amide bonds. The van der Waals surface area contributed by atoms with Gasteiger partial charge in [-0.15, -0.1) is 0 Å². The van der Waals surface area contributed by atoms with Crippen LogP contribution in [0, 0.1) is 0 Å². The molecule has 2 heteroatoms. The van der Waals surface area contributed by atoms with E-state index < -0.39 is 0 Å². The van der Waals surface area contributed by atoms with E-state index in [0.717, 1.165) is 19.6 Å². The van der Waals surface area contributed by atoms with E-state index in [4.69, 9.17) is 0 Å². The highest BCUT2D eigenvalue weighted by Crippen LogP contribution is 1.89. The molecule has 2 nitrogen and oxygen atoms in total. The SMILES string of the molecule is CCCN(CCC)[N]CC. The second-order valence-corrected chi connectivity index (χ2v) is 2.41. The Balaban J connectivity index is 3.30. The van der Waals surface area contributed by atoms with Crippen molar-refractivity contribution in [1.29, 1.82) is 0 Å². The summed E-state index contributed by atoms with van der Waals surface area (Å²) in [5.74, 6) is 0. The summed E-state index contributed by atoms with van der Waals surface area (Å²) in [7, 11) is 0. The van der Waals surface area contributed by atoms with E-state index in [1.165, 1.54) is 12.8 Å². The van der Waals surface area contributed by atoms with Crippen molar-refractivity contribution in [2.75, 3.05) is 19.6 Å². The summed E-state index contributed by atoms with van der Waals surface area (Å²) in [6, 6.07) is 0. The van der Waals surface area contributed by atoms with Gasteiger partial charge in [0, 0.05) is 19.6 Å². The Bertz CT molecular complexity index is 50.0. The minimum Gasteiger partial charge on any atom is -0.227 e. The molecule has 0 rings (SSSR count). The van der Waals surface area contributed by atoms with Crippen molar-refractivity contribution in [1.82, 2.24) is 10.4 Å². The third kappa shape index (κ3) is 4.77. The summed E-state index contributed by atoms with van der Waals surface area (Å²) in [5.41, 5.74) is 4.34. The number of hydrogen-bond donors (Lipinski definition) is 0. The normalized spacial score (nSPS) is 10.8. The minimum atomic E-state index is 0.917. The summed E-state index contributed by atoms with van der Waals surface area (Å²) in [6.07, 6.45) is 2.40. The van der Waals surface area contributed by atoms with E-state index >= 15 is 0 Å². The van der Waals surface area contributed by atoms with Crippen molar-refractivity contribution in [3.8, 4) is 0 Å². The Labute approximate surface area is 64.6 Å². The molecule has 0 aliphatic rings. The van der Waals surface area contributed by atoms with Crippen molar-refractivity contribution in [3.05, 3.63) is 0 Å². The first-order valence-corrected chi connectivity index (χ1v) is 4.27. The van der Waals surface area contributed by atoms with Crippen LogP contribution < -0.4 is 5.43 Å². The lowest BCUT2D eigenvalue weighted by atomic mass is 10.4. The van der Waals surface area contributed by atoms with E-state index in [0.29, 0.717) is 0 Å². The van der Waals surface area contributed by atoms with E-state index in [1.54, 1.807) is 0 Å². The molecule has 10 heavy (non-hydrogen) atoms. The maximum atomic E-state index is 4.34. The van der Waals surface area contributed by atoms with Crippen molar-refractivity contribution in [3.63, 3.8) is 0 Å². The van der Waals surface area contributed by atoms with Gasteiger partial charge in [0.15, 0.2) is 0 Å². The standard InChI is InChI=1S/C8H19N2/c1-4-7-10(8-5-2)9-6-3/h4-8H2,1-3H3. The van der Waals surface area contributed by atoms with Gasteiger partial charge in [0.05, 0.1) is 0 Å². The molecule has 0 aromatic carbocycles. The lowest BCUT2D eigenvalue weighted by Crippen LogP contribution is -2.33. The number of nitrogens with zero attached hydrogens (tertiary/aromatic N) is 2. The summed E-state index contributed by atoms with van der Waals surface area (Å²) < 4.78 is 0. The highest BCUT2D eigenvalue weighted by molar-refractivity contribution is 4.47. The van der Waals surface area contributed by atoms with E-state index in [2.05, 4.69) is 31.2 Å². The molecule has 0 saturated carbocycles. The highest BCUT2D eigenvalue weighted by atomic mass is 15.5. The fourth-order valence-electron chi connectivity index (χ4n) is 0.969. The van der Waals surface area contributed by atoms with Gasteiger partial charge in [0.1, 0.15) is 0 Å². The fraction of sp³-hybridized carbons (Fsp3) is 1.00. The minimum absolute atomic E-state index is 0.917. The van der Waals surface area contributed by atoms with Gasteiger partial charge in [-0.05, 0) is 19.8 Å². The van der Waals surface area contributed by atoms with Gasteiger partial charge in [-0.25, -0.2) is 5.01 Å². The highest BCUT2D eigenvalue weighted by Gasteiger charge is 1.99. The van der Waals surface area contributed by atoms with Crippen LogP contribution in [0.1, 0.15) is 33.6 Å². The Hall–Kier alpha value is -0.0800. The van der Waals surface area contributed by atoms with Crippen LogP contribution in [0.15, 0.2) is 0 Å². The summed E-state index contributed by atoms with van der Waals surface area (Å²) in [6.45, 7) is 9.60. The average molecular weight is 143 g/mol. The van der Waals surface area contributed by atoms with Crippen LogP contribution >= 0.6 is 0 Å². The third-order valence-electron chi connectivity index (χ3n) is 1.30. The largest absolute Gasteiger partial charge is 0.227 e. The molecule has 0 aromatic heterocycles. The molecule has 0 atom stereocenters. The van der Waals surface area contributed by atoms with Gasteiger partial charge >= 0.3 is 0 Å². The van der Waals surface area contributed by atoms with Gasteiger partial charge in [-0.3, -0.25) is 0 Å². The Morgan fingerprint density at radius 3 is 1.80 bits per heavy atom. The first-order valence-electron chi connectivity index (χ1n) is 4.27. The number of hydrogen-bond acceptors (Lipinski definition) is 1. The molecule has 0 spiro atoms. The molecule has 0 heterocycles. The average Bonchev–Trinajstić information content (AvgIpc) is 1.90. The Morgan fingerprint density at radius 2 is 1.50 bits per heavy atom. The molecular formula is C8H19N2. The van der Waals surface area contributed by atoms with Crippen LogP contribution in [-0.4, -0.2) is 24.6 Å². The summed E-state index contributed by atoms with van der Waals surface area (Å²) in [5, 5.41) is 2.17. The van der Waals surface area contributed by atoms with Gasteiger partial charge in [-0.2, -0.15) is 5.43 Å².